The van der Waals surface area contributed by atoms with Gasteiger partial charge in [-0.3, -0.25) is 9.59 Å². The molecule has 1 fully saturated rings. The zero-order chi connectivity index (χ0) is 16.6. The predicted molar refractivity (Wildman–Crippen MR) is 83.6 cm³/mol. The lowest BCUT2D eigenvalue weighted by Gasteiger charge is -2.30. The Labute approximate surface area is 133 Å². The number of benzene rings is 1. The van der Waals surface area contributed by atoms with Gasteiger partial charge in [-0.05, 0) is 43.5 Å². The summed E-state index contributed by atoms with van der Waals surface area (Å²) in [6.07, 6.45) is 1.46. The Kier molecular flexibility index (Phi) is 4.07. The molecule has 1 aliphatic rings. The summed E-state index contributed by atoms with van der Waals surface area (Å²) in [5, 5.41) is 9.84. The molecule has 122 valence electrons. The molecule has 0 saturated carbocycles. The average Bonchev–Trinajstić information content (AvgIpc) is 2.83. The van der Waals surface area contributed by atoms with E-state index < -0.39 is 11.9 Å². The van der Waals surface area contributed by atoms with E-state index in [4.69, 9.17) is 5.11 Å². The molecule has 1 aliphatic heterocycles. The molecule has 0 spiro atoms. The largest absolute Gasteiger partial charge is 0.481 e. The number of halogens is 1. The van der Waals surface area contributed by atoms with Crippen molar-refractivity contribution in [3.63, 3.8) is 0 Å². The lowest BCUT2D eigenvalue weighted by atomic mass is 9.97. The van der Waals surface area contributed by atoms with Crippen molar-refractivity contribution in [2.24, 2.45) is 5.92 Å². The number of H-pyrrole nitrogens is 1. The van der Waals surface area contributed by atoms with E-state index in [2.05, 4.69) is 4.98 Å². The fourth-order valence-corrected chi connectivity index (χ4v) is 3.25. The Morgan fingerprint density at radius 1 is 1.43 bits per heavy atom. The minimum Gasteiger partial charge on any atom is -0.481 e. The third-order valence-electron chi connectivity index (χ3n) is 4.53. The third-order valence-corrected chi connectivity index (χ3v) is 4.53. The number of nitrogens with zero attached hydrogens (tertiary/aromatic N) is 1. The highest BCUT2D eigenvalue weighted by Gasteiger charge is 2.28. The molecule has 0 radical (unpaired) electrons. The van der Waals surface area contributed by atoms with Crippen LogP contribution in [0.5, 0.6) is 0 Å². The van der Waals surface area contributed by atoms with E-state index in [0.29, 0.717) is 24.8 Å². The molecule has 23 heavy (non-hydrogen) atoms. The van der Waals surface area contributed by atoms with Crippen LogP contribution in [0.1, 0.15) is 24.1 Å². The second-order valence-corrected chi connectivity index (χ2v) is 6.11. The summed E-state index contributed by atoms with van der Waals surface area (Å²) in [5.74, 6) is -1.79. The van der Waals surface area contributed by atoms with Crippen molar-refractivity contribution in [3.05, 3.63) is 35.3 Å². The van der Waals surface area contributed by atoms with E-state index in [1.54, 1.807) is 11.0 Å². The molecule has 1 saturated heterocycles. The monoisotopic (exact) mass is 318 g/mol. The lowest BCUT2D eigenvalue weighted by Crippen LogP contribution is -2.43. The Balaban J connectivity index is 1.81. The van der Waals surface area contributed by atoms with Gasteiger partial charge in [-0.15, -0.1) is 0 Å². The molecule has 3 rings (SSSR count). The first-order chi connectivity index (χ1) is 11.0. The highest BCUT2D eigenvalue weighted by molar-refractivity contribution is 5.90. The maximum Gasteiger partial charge on any atom is 0.308 e. The first-order valence-electron chi connectivity index (χ1n) is 7.73. The number of carbonyl (C=O) groups excluding carboxylic acids is 1. The number of fused-ring (bicyclic) bond motifs is 1. The summed E-state index contributed by atoms with van der Waals surface area (Å²) in [6.45, 7) is 2.69. The number of nitrogens with one attached hydrogen (secondary N) is 1. The van der Waals surface area contributed by atoms with Crippen LogP contribution in [0.25, 0.3) is 10.9 Å². The molecule has 0 aliphatic carbocycles. The topological polar surface area (TPSA) is 73.4 Å². The Morgan fingerprint density at radius 2 is 2.22 bits per heavy atom. The van der Waals surface area contributed by atoms with Crippen LogP contribution in [-0.2, 0) is 16.0 Å². The number of piperidine rings is 1. The minimum atomic E-state index is -0.854. The van der Waals surface area contributed by atoms with Crippen molar-refractivity contribution in [3.8, 4) is 0 Å². The minimum absolute atomic E-state index is 0.107. The number of rotatable bonds is 3. The van der Waals surface area contributed by atoms with Gasteiger partial charge in [0.05, 0.1) is 12.3 Å². The number of aliphatic carboxylic acids is 1. The van der Waals surface area contributed by atoms with Crippen LogP contribution in [0.15, 0.2) is 18.2 Å². The predicted octanol–water partition coefficient (Wildman–Crippen LogP) is 2.48. The van der Waals surface area contributed by atoms with E-state index in [-0.39, 0.29) is 24.7 Å². The Hall–Kier alpha value is -2.37. The zero-order valence-electron chi connectivity index (χ0n) is 12.9. The summed E-state index contributed by atoms with van der Waals surface area (Å²) in [6, 6.07) is 4.47. The van der Waals surface area contributed by atoms with Crippen LogP contribution in [0, 0.1) is 18.7 Å². The average molecular weight is 318 g/mol. The van der Waals surface area contributed by atoms with Gasteiger partial charge in [-0.2, -0.15) is 0 Å². The first-order valence-corrected chi connectivity index (χ1v) is 7.73. The summed E-state index contributed by atoms with van der Waals surface area (Å²) >= 11 is 0. The van der Waals surface area contributed by atoms with Crippen LogP contribution < -0.4 is 0 Å². The lowest BCUT2D eigenvalue weighted by molar-refractivity contribution is -0.145. The number of carbonyl (C=O) groups is 2. The number of carboxylic acids is 1. The van der Waals surface area contributed by atoms with E-state index >= 15 is 0 Å². The normalized spacial score (nSPS) is 18.3. The van der Waals surface area contributed by atoms with Gasteiger partial charge in [0.1, 0.15) is 5.82 Å². The number of hydrogen-bond acceptors (Lipinski definition) is 2. The Morgan fingerprint density at radius 3 is 2.96 bits per heavy atom. The van der Waals surface area contributed by atoms with Crippen LogP contribution >= 0.6 is 0 Å². The molecule has 1 aromatic heterocycles. The summed E-state index contributed by atoms with van der Waals surface area (Å²) in [5.41, 5.74) is 2.42. The van der Waals surface area contributed by atoms with Gasteiger partial charge < -0.3 is 15.0 Å². The molecule has 2 N–H and O–H groups in total. The molecule has 1 aromatic carbocycles. The van der Waals surface area contributed by atoms with Crippen LogP contribution in [-0.4, -0.2) is 40.0 Å². The van der Waals surface area contributed by atoms with Crippen molar-refractivity contribution in [2.75, 3.05) is 13.1 Å². The second-order valence-electron chi connectivity index (χ2n) is 6.11. The van der Waals surface area contributed by atoms with Gasteiger partial charge in [0, 0.05) is 29.7 Å². The van der Waals surface area contributed by atoms with Crippen molar-refractivity contribution >= 4 is 22.8 Å². The summed E-state index contributed by atoms with van der Waals surface area (Å²) < 4.78 is 13.5. The quantitative estimate of drug-likeness (QED) is 0.913. The number of carboxylic acid groups (broad SMARTS) is 1. The maximum absolute atomic E-state index is 13.5. The molecule has 1 amide bonds. The second kappa shape index (κ2) is 6.02. The highest BCUT2D eigenvalue weighted by Crippen LogP contribution is 2.25. The SMILES string of the molecule is Cc1[nH]c2ccc(F)cc2c1CC(=O)N1CCC[C@@H](C(=O)O)C1. The van der Waals surface area contributed by atoms with Crippen LogP contribution in [0.2, 0.25) is 0 Å². The van der Waals surface area contributed by atoms with Crippen LogP contribution in [0.4, 0.5) is 4.39 Å². The number of aromatic amines is 1. The van der Waals surface area contributed by atoms with Gasteiger partial charge in [0.15, 0.2) is 0 Å². The maximum atomic E-state index is 13.5. The molecule has 2 aromatic rings. The number of likely N-dealkylation sites (tertiary alicyclic amines) is 1. The van der Waals surface area contributed by atoms with Crippen molar-refractivity contribution in [2.45, 2.75) is 26.2 Å². The third kappa shape index (κ3) is 3.06. The fourth-order valence-electron chi connectivity index (χ4n) is 3.25. The van der Waals surface area contributed by atoms with E-state index in [9.17, 15) is 14.0 Å². The van der Waals surface area contributed by atoms with Gasteiger partial charge in [0.25, 0.3) is 0 Å². The van der Waals surface area contributed by atoms with Crippen molar-refractivity contribution in [1.82, 2.24) is 9.88 Å². The number of aryl methyl sites for hydroxylation is 1. The molecule has 0 bridgehead atoms. The molecular formula is C17H19FN2O3. The zero-order valence-corrected chi connectivity index (χ0v) is 12.9. The van der Waals surface area contributed by atoms with Gasteiger partial charge >= 0.3 is 5.97 Å². The van der Waals surface area contributed by atoms with E-state index in [0.717, 1.165) is 16.8 Å². The van der Waals surface area contributed by atoms with Gasteiger partial charge in [-0.25, -0.2) is 4.39 Å². The molecule has 1 atom stereocenters. The smallest absolute Gasteiger partial charge is 0.308 e. The molecule has 0 unspecified atom stereocenters. The number of aromatic nitrogens is 1. The molecule has 6 heteroatoms. The van der Waals surface area contributed by atoms with Crippen molar-refractivity contribution < 1.29 is 19.1 Å². The molecule has 5 nitrogen and oxygen atoms in total. The number of hydrogen-bond donors (Lipinski definition) is 2. The van der Waals surface area contributed by atoms with Crippen LogP contribution in [0.3, 0.4) is 0 Å². The first kappa shape index (κ1) is 15.5. The summed E-state index contributed by atoms with van der Waals surface area (Å²) in [4.78, 5) is 28.4. The highest BCUT2D eigenvalue weighted by atomic mass is 19.1. The van der Waals surface area contributed by atoms with E-state index in [1.165, 1.54) is 12.1 Å². The van der Waals surface area contributed by atoms with E-state index in [1.807, 2.05) is 6.92 Å². The van der Waals surface area contributed by atoms with Gasteiger partial charge in [0.2, 0.25) is 5.91 Å². The summed E-state index contributed by atoms with van der Waals surface area (Å²) in [7, 11) is 0. The molecule has 2 heterocycles. The van der Waals surface area contributed by atoms with Crippen molar-refractivity contribution in [1.29, 1.82) is 0 Å². The standard InChI is InChI=1S/C17H19FN2O3/c1-10-13(14-7-12(18)4-5-15(14)19-10)8-16(21)20-6-2-3-11(9-20)17(22)23/h4-5,7,11,19H,2-3,6,8-9H2,1H3,(H,22,23)/t11-/m1/s1. The number of amides is 1. The molecular weight excluding hydrogens is 299 g/mol. The fraction of sp³-hybridized carbons (Fsp3) is 0.412. The van der Waals surface area contributed by atoms with Gasteiger partial charge in [-0.1, -0.05) is 0 Å². The Bertz CT molecular complexity index is 769.